The normalized spacial score (nSPS) is 10.3. The second-order valence-electron chi connectivity index (χ2n) is 3.91. The quantitative estimate of drug-likeness (QED) is 0.819. The first-order valence-corrected chi connectivity index (χ1v) is 5.80. The smallest absolute Gasteiger partial charge is 0.227 e. The Labute approximate surface area is 101 Å². The fraction of sp³-hybridized carbons (Fsp3) is 0.462. The van der Waals surface area contributed by atoms with Crippen LogP contribution in [0.3, 0.4) is 0 Å². The summed E-state index contributed by atoms with van der Waals surface area (Å²) in [6.07, 6.45) is 1.11. The van der Waals surface area contributed by atoms with Gasteiger partial charge in [-0.2, -0.15) is 0 Å². The zero-order chi connectivity index (χ0) is 12.7. The van der Waals surface area contributed by atoms with Crippen molar-refractivity contribution in [1.82, 2.24) is 4.90 Å². The Morgan fingerprint density at radius 3 is 2.47 bits per heavy atom. The third kappa shape index (κ3) is 4.53. The summed E-state index contributed by atoms with van der Waals surface area (Å²) in [6, 6.07) is 5.91. The van der Waals surface area contributed by atoms with Crippen LogP contribution in [0.15, 0.2) is 24.3 Å². The zero-order valence-corrected chi connectivity index (χ0v) is 10.0. The number of carbonyl (C=O) groups excluding carboxylic acids is 1. The number of amides is 1. The molecule has 0 bridgehead atoms. The van der Waals surface area contributed by atoms with E-state index in [0.717, 1.165) is 12.0 Å². The van der Waals surface area contributed by atoms with Crippen LogP contribution in [0.25, 0.3) is 0 Å². The van der Waals surface area contributed by atoms with Gasteiger partial charge in [-0.15, -0.1) is 0 Å². The van der Waals surface area contributed by atoms with Crippen molar-refractivity contribution in [3.63, 3.8) is 0 Å². The van der Waals surface area contributed by atoms with E-state index < -0.39 is 0 Å². The standard InChI is InChI=1S/C13H18FNO2/c1-2-7-15(8-9-16)13(17)10-11-3-5-12(14)6-4-11/h3-6,16H,2,7-10H2,1H3. The van der Waals surface area contributed by atoms with E-state index in [2.05, 4.69) is 0 Å². The first kappa shape index (κ1) is 13.6. The highest BCUT2D eigenvalue weighted by atomic mass is 19.1. The van der Waals surface area contributed by atoms with Gasteiger partial charge in [0.15, 0.2) is 0 Å². The van der Waals surface area contributed by atoms with E-state index in [0.29, 0.717) is 13.1 Å². The van der Waals surface area contributed by atoms with Gasteiger partial charge in [0.1, 0.15) is 5.82 Å². The molecule has 0 aromatic heterocycles. The molecule has 1 aromatic rings. The maximum atomic E-state index is 12.7. The molecule has 4 heteroatoms. The van der Waals surface area contributed by atoms with Crippen molar-refractivity contribution in [1.29, 1.82) is 0 Å². The van der Waals surface area contributed by atoms with Gasteiger partial charge in [-0.3, -0.25) is 4.79 Å². The summed E-state index contributed by atoms with van der Waals surface area (Å²) in [5, 5.41) is 8.87. The highest BCUT2D eigenvalue weighted by Gasteiger charge is 2.12. The van der Waals surface area contributed by atoms with Crippen molar-refractivity contribution in [3.05, 3.63) is 35.6 Å². The average molecular weight is 239 g/mol. The molecule has 0 aliphatic heterocycles. The monoisotopic (exact) mass is 239 g/mol. The van der Waals surface area contributed by atoms with Gasteiger partial charge >= 0.3 is 0 Å². The van der Waals surface area contributed by atoms with E-state index in [1.54, 1.807) is 17.0 Å². The van der Waals surface area contributed by atoms with Crippen molar-refractivity contribution in [2.24, 2.45) is 0 Å². The molecule has 0 aliphatic carbocycles. The number of aliphatic hydroxyl groups is 1. The number of nitrogens with zero attached hydrogens (tertiary/aromatic N) is 1. The van der Waals surface area contributed by atoms with Crippen molar-refractivity contribution in [2.75, 3.05) is 19.7 Å². The molecule has 0 saturated heterocycles. The first-order valence-electron chi connectivity index (χ1n) is 5.80. The molecule has 0 spiro atoms. The maximum Gasteiger partial charge on any atom is 0.227 e. The highest BCUT2D eigenvalue weighted by molar-refractivity contribution is 5.78. The van der Waals surface area contributed by atoms with Gasteiger partial charge in [-0.05, 0) is 24.1 Å². The number of aliphatic hydroxyl groups excluding tert-OH is 1. The number of hydrogen-bond donors (Lipinski definition) is 1. The largest absolute Gasteiger partial charge is 0.395 e. The van der Waals surface area contributed by atoms with Gasteiger partial charge in [0.05, 0.1) is 13.0 Å². The minimum atomic E-state index is -0.304. The van der Waals surface area contributed by atoms with Gasteiger partial charge < -0.3 is 10.0 Å². The molecule has 1 amide bonds. The Hall–Kier alpha value is -1.42. The van der Waals surface area contributed by atoms with E-state index in [4.69, 9.17) is 5.11 Å². The van der Waals surface area contributed by atoms with E-state index in [-0.39, 0.29) is 24.8 Å². The van der Waals surface area contributed by atoms with Crippen molar-refractivity contribution < 1.29 is 14.3 Å². The Morgan fingerprint density at radius 2 is 1.94 bits per heavy atom. The Bertz CT molecular complexity index is 345. The predicted molar refractivity (Wildman–Crippen MR) is 64.1 cm³/mol. The lowest BCUT2D eigenvalue weighted by atomic mass is 10.1. The second kappa shape index (κ2) is 7.01. The lowest BCUT2D eigenvalue weighted by Gasteiger charge is -2.21. The van der Waals surface area contributed by atoms with Crippen LogP contribution >= 0.6 is 0 Å². The van der Waals surface area contributed by atoms with E-state index >= 15 is 0 Å². The molecule has 17 heavy (non-hydrogen) atoms. The topological polar surface area (TPSA) is 40.5 Å². The first-order chi connectivity index (χ1) is 8.17. The fourth-order valence-corrected chi connectivity index (χ4v) is 1.64. The maximum absolute atomic E-state index is 12.7. The minimum absolute atomic E-state index is 0.0326. The Balaban J connectivity index is 2.59. The van der Waals surface area contributed by atoms with Crippen LogP contribution < -0.4 is 0 Å². The SMILES string of the molecule is CCCN(CCO)C(=O)Cc1ccc(F)cc1. The Morgan fingerprint density at radius 1 is 1.29 bits per heavy atom. The predicted octanol–water partition coefficient (Wildman–Crippen LogP) is 1.60. The average Bonchev–Trinajstić information content (AvgIpc) is 2.32. The highest BCUT2D eigenvalue weighted by Crippen LogP contribution is 2.06. The molecule has 1 N–H and O–H groups in total. The van der Waals surface area contributed by atoms with Crippen LogP contribution in [0.5, 0.6) is 0 Å². The number of rotatable bonds is 6. The van der Waals surface area contributed by atoms with E-state index in [1.165, 1.54) is 12.1 Å². The van der Waals surface area contributed by atoms with Crippen molar-refractivity contribution >= 4 is 5.91 Å². The minimum Gasteiger partial charge on any atom is -0.395 e. The summed E-state index contributed by atoms with van der Waals surface area (Å²) in [6.45, 7) is 2.94. The molecule has 1 rings (SSSR count). The van der Waals surface area contributed by atoms with Crippen LogP contribution in [0.2, 0.25) is 0 Å². The van der Waals surface area contributed by atoms with Gasteiger partial charge in [-0.1, -0.05) is 19.1 Å². The third-order valence-corrected chi connectivity index (χ3v) is 2.48. The molecule has 1 aromatic carbocycles. The summed E-state index contributed by atoms with van der Waals surface area (Å²) in [4.78, 5) is 13.5. The van der Waals surface area contributed by atoms with Crippen molar-refractivity contribution in [3.8, 4) is 0 Å². The number of benzene rings is 1. The zero-order valence-electron chi connectivity index (χ0n) is 10.0. The molecular formula is C13H18FNO2. The van der Waals surface area contributed by atoms with Crippen LogP contribution in [-0.4, -0.2) is 35.6 Å². The molecular weight excluding hydrogens is 221 g/mol. The lowest BCUT2D eigenvalue weighted by Crippen LogP contribution is -2.35. The van der Waals surface area contributed by atoms with Crippen LogP contribution in [-0.2, 0) is 11.2 Å². The fourth-order valence-electron chi connectivity index (χ4n) is 1.64. The van der Waals surface area contributed by atoms with Crippen LogP contribution in [0, 0.1) is 5.82 Å². The molecule has 0 heterocycles. The lowest BCUT2D eigenvalue weighted by molar-refractivity contribution is -0.131. The van der Waals surface area contributed by atoms with Crippen LogP contribution in [0.4, 0.5) is 4.39 Å². The van der Waals surface area contributed by atoms with Crippen LogP contribution in [0.1, 0.15) is 18.9 Å². The molecule has 0 fully saturated rings. The van der Waals surface area contributed by atoms with E-state index in [9.17, 15) is 9.18 Å². The molecule has 0 atom stereocenters. The molecule has 3 nitrogen and oxygen atoms in total. The van der Waals surface area contributed by atoms with Gasteiger partial charge in [0.2, 0.25) is 5.91 Å². The molecule has 0 radical (unpaired) electrons. The van der Waals surface area contributed by atoms with Gasteiger partial charge in [-0.25, -0.2) is 4.39 Å². The number of hydrogen-bond acceptors (Lipinski definition) is 2. The molecule has 0 unspecified atom stereocenters. The molecule has 94 valence electrons. The van der Waals surface area contributed by atoms with Gasteiger partial charge in [0, 0.05) is 13.1 Å². The Kier molecular flexibility index (Phi) is 5.63. The summed E-state index contributed by atoms with van der Waals surface area (Å²) in [7, 11) is 0. The van der Waals surface area contributed by atoms with Crippen molar-refractivity contribution in [2.45, 2.75) is 19.8 Å². The second-order valence-corrected chi connectivity index (χ2v) is 3.91. The number of carbonyl (C=O) groups is 1. The molecule has 0 aliphatic rings. The summed E-state index contributed by atoms with van der Waals surface area (Å²) in [5.41, 5.74) is 0.787. The summed E-state index contributed by atoms with van der Waals surface area (Å²) < 4.78 is 12.7. The third-order valence-electron chi connectivity index (χ3n) is 2.48. The summed E-state index contributed by atoms with van der Waals surface area (Å²) >= 11 is 0. The number of halogens is 1. The van der Waals surface area contributed by atoms with E-state index in [1.807, 2.05) is 6.92 Å². The van der Waals surface area contributed by atoms with Gasteiger partial charge in [0.25, 0.3) is 0 Å². The summed E-state index contributed by atoms with van der Waals surface area (Å²) in [5.74, 6) is -0.338. The molecule has 0 saturated carbocycles.